The van der Waals surface area contributed by atoms with Crippen LogP contribution in [-0.4, -0.2) is 22.2 Å². The predicted octanol–water partition coefficient (Wildman–Crippen LogP) is 6.29. The fourth-order valence-electron chi connectivity index (χ4n) is 3.90. The van der Waals surface area contributed by atoms with Crippen LogP contribution >= 0.6 is 0 Å². The van der Waals surface area contributed by atoms with Crippen molar-refractivity contribution in [1.82, 2.24) is 9.78 Å². The maximum atomic E-state index is 14.8. The van der Waals surface area contributed by atoms with Gasteiger partial charge in [-0.05, 0) is 54.4 Å². The van der Waals surface area contributed by atoms with E-state index in [2.05, 4.69) is 10.4 Å². The molecule has 37 heavy (non-hydrogen) atoms. The van der Waals surface area contributed by atoms with Gasteiger partial charge in [-0.2, -0.15) is 18.3 Å². The number of para-hydroxylation sites is 1. The van der Waals surface area contributed by atoms with Gasteiger partial charge < -0.3 is 16.0 Å². The summed E-state index contributed by atoms with van der Waals surface area (Å²) in [7, 11) is 0. The van der Waals surface area contributed by atoms with Crippen LogP contribution in [0.25, 0.3) is 5.69 Å². The molecular weight excluding hydrogens is 486 g/mol. The van der Waals surface area contributed by atoms with Crippen molar-refractivity contribution in [3.63, 3.8) is 0 Å². The molecule has 0 aliphatic rings. The summed E-state index contributed by atoms with van der Waals surface area (Å²) in [5.41, 5.74) is 6.19. The molecule has 1 amide bonds. The third kappa shape index (κ3) is 5.80. The number of alkyl halides is 3. The van der Waals surface area contributed by atoms with E-state index in [-0.39, 0.29) is 17.9 Å². The molecule has 0 bridgehead atoms. The first-order chi connectivity index (χ1) is 17.7. The summed E-state index contributed by atoms with van der Waals surface area (Å²) in [6.07, 6.45) is -3.98. The molecule has 192 valence electrons. The van der Waals surface area contributed by atoms with E-state index in [1.807, 2.05) is 42.2 Å². The van der Waals surface area contributed by atoms with Crippen molar-refractivity contribution in [2.75, 3.05) is 16.8 Å². The number of halogens is 4. The zero-order valence-electron chi connectivity index (χ0n) is 20.0. The van der Waals surface area contributed by atoms with Gasteiger partial charge in [0.25, 0.3) is 5.91 Å². The Kier molecular flexibility index (Phi) is 7.58. The average Bonchev–Trinajstić information content (AvgIpc) is 3.36. The van der Waals surface area contributed by atoms with Gasteiger partial charge in [-0.25, -0.2) is 9.07 Å². The first kappa shape index (κ1) is 25.9. The fraction of sp³-hybridized carbons (Fsp3) is 0.185. The third-order valence-electron chi connectivity index (χ3n) is 5.65. The molecule has 3 N–H and O–H groups in total. The average molecular weight is 512 g/mol. The van der Waals surface area contributed by atoms with E-state index in [4.69, 9.17) is 5.73 Å². The minimum Gasteiger partial charge on any atom is -0.341 e. The van der Waals surface area contributed by atoms with Crippen LogP contribution in [0.2, 0.25) is 0 Å². The molecule has 4 aromatic rings. The Morgan fingerprint density at radius 2 is 1.76 bits per heavy atom. The Labute approximate surface area is 211 Å². The lowest BCUT2D eigenvalue weighted by Crippen LogP contribution is -2.20. The quantitative estimate of drug-likeness (QED) is 0.273. The van der Waals surface area contributed by atoms with Gasteiger partial charge in [-0.3, -0.25) is 4.79 Å². The molecule has 10 heteroatoms. The Morgan fingerprint density at radius 3 is 2.43 bits per heavy atom. The molecule has 0 spiro atoms. The largest absolute Gasteiger partial charge is 0.435 e. The van der Waals surface area contributed by atoms with Gasteiger partial charge in [-0.15, -0.1) is 0 Å². The summed E-state index contributed by atoms with van der Waals surface area (Å²) >= 11 is 0. The molecule has 1 aromatic heterocycles. The summed E-state index contributed by atoms with van der Waals surface area (Å²) in [5.74, 6) is -1.67. The monoisotopic (exact) mass is 511 g/mol. The summed E-state index contributed by atoms with van der Waals surface area (Å²) < 4.78 is 56.1. The van der Waals surface area contributed by atoms with Crippen molar-refractivity contribution in [2.24, 2.45) is 5.73 Å². The lowest BCUT2D eigenvalue weighted by atomic mass is 10.2. The van der Waals surface area contributed by atoms with Crippen molar-refractivity contribution in [3.05, 3.63) is 102 Å². The van der Waals surface area contributed by atoms with E-state index in [1.54, 1.807) is 18.2 Å². The first-order valence-corrected chi connectivity index (χ1v) is 11.6. The van der Waals surface area contributed by atoms with E-state index in [1.165, 1.54) is 24.3 Å². The van der Waals surface area contributed by atoms with Crippen molar-refractivity contribution in [3.8, 4) is 5.69 Å². The van der Waals surface area contributed by atoms with E-state index in [0.29, 0.717) is 23.9 Å². The minimum atomic E-state index is -4.78. The number of benzene rings is 3. The van der Waals surface area contributed by atoms with Gasteiger partial charge in [0, 0.05) is 30.5 Å². The van der Waals surface area contributed by atoms with Crippen molar-refractivity contribution in [1.29, 1.82) is 0 Å². The Balaban J connectivity index is 1.71. The second kappa shape index (κ2) is 10.8. The SMILES string of the molecule is CCCN(c1ccccc1)c1ccc(F)c(NC(=O)c2cc(C(F)(F)F)nn2-c2cccc(CN)c2)c1. The number of nitrogens with zero attached hydrogens (tertiary/aromatic N) is 3. The molecule has 1 heterocycles. The van der Waals surface area contributed by atoms with Crippen molar-refractivity contribution < 1.29 is 22.4 Å². The third-order valence-corrected chi connectivity index (χ3v) is 5.65. The van der Waals surface area contributed by atoms with Crippen LogP contribution in [0.4, 0.5) is 34.6 Å². The minimum absolute atomic E-state index is 0.149. The highest BCUT2D eigenvalue weighted by molar-refractivity contribution is 6.04. The zero-order valence-corrected chi connectivity index (χ0v) is 20.0. The van der Waals surface area contributed by atoms with E-state index < -0.39 is 29.3 Å². The van der Waals surface area contributed by atoms with Crippen molar-refractivity contribution in [2.45, 2.75) is 26.1 Å². The van der Waals surface area contributed by atoms with Gasteiger partial charge >= 0.3 is 6.18 Å². The van der Waals surface area contributed by atoms with Crippen molar-refractivity contribution >= 4 is 23.0 Å². The summed E-state index contributed by atoms with van der Waals surface area (Å²) in [4.78, 5) is 15.1. The van der Waals surface area contributed by atoms with Crippen LogP contribution in [0.5, 0.6) is 0 Å². The maximum Gasteiger partial charge on any atom is 0.435 e. The molecule has 0 saturated carbocycles. The number of nitrogens with one attached hydrogen (secondary N) is 1. The van der Waals surface area contributed by atoms with Gasteiger partial charge in [-0.1, -0.05) is 37.3 Å². The molecule has 3 aromatic carbocycles. The number of amides is 1. The number of hydrogen-bond donors (Lipinski definition) is 2. The first-order valence-electron chi connectivity index (χ1n) is 11.6. The molecule has 0 radical (unpaired) electrons. The predicted molar refractivity (Wildman–Crippen MR) is 135 cm³/mol. The number of carbonyl (C=O) groups excluding carboxylic acids is 1. The highest BCUT2D eigenvalue weighted by Gasteiger charge is 2.36. The number of rotatable bonds is 8. The van der Waals surface area contributed by atoms with Crippen LogP contribution in [-0.2, 0) is 12.7 Å². The maximum absolute atomic E-state index is 14.8. The molecule has 4 rings (SSSR count). The molecule has 0 atom stereocenters. The fourth-order valence-corrected chi connectivity index (χ4v) is 3.90. The number of carbonyl (C=O) groups is 1. The molecule has 0 saturated heterocycles. The number of aromatic nitrogens is 2. The lowest BCUT2D eigenvalue weighted by Gasteiger charge is -2.25. The second-order valence-electron chi connectivity index (χ2n) is 8.30. The highest BCUT2D eigenvalue weighted by Crippen LogP contribution is 2.32. The van der Waals surface area contributed by atoms with E-state index >= 15 is 0 Å². The molecular formula is C27H25F4N5O. The summed E-state index contributed by atoms with van der Waals surface area (Å²) in [6.45, 7) is 2.78. The molecule has 6 nitrogen and oxygen atoms in total. The normalized spacial score (nSPS) is 11.4. The molecule has 0 fully saturated rings. The van der Waals surface area contributed by atoms with Crippen LogP contribution < -0.4 is 16.0 Å². The van der Waals surface area contributed by atoms with Gasteiger partial charge in [0.2, 0.25) is 0 Å². The Morgan fingerprint density at radius 1 is 1.00 bits per heavy atom. The zero-order chi connectivity index (χ0) is 26.6. The summed E-state index contributed by atoms with van der Waals surface area (Å²) in [6, 6.07) is 20.7. The van der Waals surface area contributed by atoms with Crippen LogP contribution in [0.15, 0.2) is 78.9 Å². The van der Waals surface area contributed by atoms with Gasteiger partial charge in [0.15, 0.2) is 5.69 Å². The van der Waals surface area contributed by atoms with Crippen LogP contribution in [0.1, 0.15) is 35.1 Å². The molecule has 0 unspecified atom stereocenters. The van der Waals surface area contributed by atoms with Gasteiger partial charge in [0.1, 0.15) is 11.5 Å². The van der Waals surface area contributed by atoms with Crippen LogP contribution in [0, 0.1) is 5.82 Å². The highest BCUT2D eigenvalue weighted by atomic mass is 19.4. The van der Waals surface area contributed by atoms with Crippen LogP contribution in [0.3, 0.4) is 0 Å². The number of anilines is 3. The number of hydrogen-bond acceptors (Lipinski definition) is 4. The standard InChI is InChI=1S/C27H25F4N5O/c1-2-13-35(19-8-4-3-5-9-19)20-11-12-22(28)23(15-20)33-26(37)24-16-25(27(29,30)31)34-36(24)21-10-6-7-18(14-21)17-32/h3-12,14-16H,2,13,17,32H2,1H3,(H,33,37). The lowest BCUT2D eigenvalue weighted by molar-refractivity contribution is -0.141. The molecule has 0 aliphatic carbocycles. The van der Waals surface area contributed by atoms with E-state index in [9.17, 15) is 22.4 Å². The second-order valence-corrected chi connectivity index (χ2v) is 8.30. The van der Waals surface area contributed by atoms with E-state index in [0.717, 1.165) is 16.8 Å². The van der Waals surface area contributed by atoms with Gasteiger partial charge in [0.05, 0.1) is 11.4 Å². The Hall–Kier alpha value is -4.18. The Bertz CT molecular complexity index is 1390. The number of nitrogens with two attached hydrogens (primary N) is 1. The summed E-state index contributed by atoms with van der Waals surface area (Å²) in [5, 5.41) is 6.04. The topological polar surface area (TPSA) is 76.2 Å². The smallest absolute Gasteiger partial charge is 0.341 e. The molecule has 0 aliphatic heterocycles.